The second-order valence-electron chi connectivity index (χ2n) is 6.19. The van der Waals surface area contributed by atoms with Crippen molar-refractivity contribution in [1.29, 1.82) is 0 Å². The predicted octanol–water partition coefficient (Wildman–Crippen LogP) is 3.07. The normalized spacial score (nSPS) is 18.3. The molecule has 2 aromatic rings. The number of carbonyl (C=O) groups is 2. The van der Waals surface area contributed by atoms with Crippen LogP contribution in [-0.4, -0.2) is 29.2 Å². The summed E-state index contributed by atoms with van der Waals surface area (Å²) in [5.41, 5.74) is 6.71. The van der Waals surface area contributed by atoms with Crippen molar-refractivity contribution < 1.29 is 18.8 Å². The van der Waals surface area contributed by atoms with Gasteiger partial charge in [0.15, 0.2) is 0 Å². The molecular weight excluding hydrogens is 375 g/mol. The van der Waals surface area contributed by atoms with Crippen LogP contribution in [0.3, 0.4) is 0 Å². The molecule has 1 aromatic heterocycles. The molecule has 1 amide bonds. The number of anilines is 1. The zero-order chi connectivity index (χ0) is 19.4. The first-order valence-electron chi connectivity index (χ1n) is 8.38. The van der Waals surface area contributed by atoms with Crippen molar-refractivity contribution in [3.05, 3.63) is 53.1 Å². The van der Waals surface area contributed by atoms with E-state index in [9.17, 15) is 14.0 Å². The number of carbonyl (C=O) groups excluding carboxylic acids is 2. The fraction of sp³-hybridized carbons (Fsp3) is 0.278. The molecule has 3 rings (SSSR count). The third-order valence-electron chi connectivity index (χ3n) is 4.31. The maximum Gasteiger partial charge on any atom is 0.381 e. The van der Waals surface area contributed by atoms with Crippen molar-refractivity contribution in [1.82, 2.24) is 4.98 Å². The summed E-state index contributed by atoms with van der Waals surface area (Å²) in [5.74, 6) is -1.50. The molecule has 1 aromatic carbocycles. The number of aromatic nitrogens is 1. The molecule has 0 saturated carbocycles. The van der Waals surface area contributed by atoms with Gasteiger partial charge in [0.2, 0.25) is 5.91 Å². The van der Waals surface area contributed by atoms with Gasteiger partial charge in [-0.3, -0.25) is 4.79 Å². The molecule has 0 aliphatic carbocycles. The molecule has 9 heteroatoms. The smallest absolute Gasteiger partial charge is 0.381 e. The highest BCUT2D eigenvalue weighted by molar-refractivity contribution is 6.30. The Hall–Kier alpha value is -2.87. The van der Waals surface area contributed by atoms with E-state index >= 15 is 0 Å². The second-order valence-corrected chi connectivity index (χ2v) is 6.63. The monoisotopic (exact) mass is 392 g/mol. The van der Waals surface area contributed by atoms with Gasteiger partial charge < -0.3 is 20.5 Å². The molecule has 7 nitrogen and oxygen atoms in total. The van der Waals surface area contributed by atoms with Crippen molar-refractivity contribution >= 4 is 35.0 Å². The summed E-state index contributed by atoms with van der Waals surface area (Å²) >= 11 is 5.73. The lowest BCUT2D eigenvalue weighted by atomic mass is 9.99. The lowest BCUT2D eigenvalue weighted by Gasteiger charge is -2.20. The van der Waals surface area contributed by atoms with E-state index in [4.69, 9.17) is 22.2 Å². The number of nitrogens with one attached hydrogen (secondary N) is 1. The van der Waals surface area contributed by atoms with E-state index < -0.39 is 5.97 Å². The quantitative estimate of drug-likeness (QED) is 0.361. The van der Waals surface area contributed by atoms with Gasteiger partial charge in [0, 0.05) is 30.8 Å². The topological polar surface area (TPSA) is 101 Å². The molecule has 1 aliphatic rings. The minimum absolute atomic E-state index is 0.0790. The number of hydrogen-bond acceptors (Lipinski definition) is 4. The van der Waals surface area contributed by atoms with Gasteiger partial charge >= 0.3 is 5.97 Å². The van der Waals surface area contributed by atoms with E-state index in [0.29, 0.717) is 30.1 Å². The third kappa shape index (κ3) is 4.65. The Balaban J connectivity index is 1.64. The second kappa shape index (κ2) is 8.22. The van der Waals surface area contributed by atoms with Crippen LogP contribution in [0.25, 0.3) is 0 Å². The number of amidine groups is 1. The average molecular weight is 393 g/mol. The summed E-state index contributed by atoms with van der Waals surface area (Å²) in [4.78, 5) is 33.5. The molecule has 142 valence electrons. The fourth-order valence-corrected chi connectivity index (χ4v) is 3.06. The van der Waals surface area contributed by atoms with Gasteiger partial charge in [0.05, 0.1) is 5.02 Å². The number of aromatic amines is 1. The van der Waals surface area contributed by atoms with E-state index in [0.717, 1.165) is 0 Å². The zero-order valence-corrected chi connectivity index (χ0v) is 15.1. The van der Waals surface area contributed by atoms with Gasteiger partial charge in [-0.2, -0.15) is 0 Å². The fourth-order valence-electron chi connectivity index (χ4n) is 2.89. The maximum atomic E-state index is 13.1. The highest BCUT2D eigenvalue weighted by Crippen LogP contribution is 2.24. The molecule has 2 heterocycles. The molecule has 1 aliphatic heterocycles. The summed E-state index contributed by atoms with van der Waals surface area (Å²) in [6, 6.07) is 7.16. The van der Waals surface area contributed by atoms with Crippen LogP contribution in [0.2, 0.25) is 5.02 Å². The van der Waals surface area contributed by atoms with Crippen LogP contribution < -0.4 is 10.6 Å². The largest absolute Gasteiger partial charge is 0.384 e. The Morgan fingerprint density at radius 3 is 2.78 bits per heavy atom. The lowest BCUT2D eigenvalue weighted by Crippen LogP contribution is -2.32. The van der Waals surface area contributed by atoms with Gasteiger partial charge in [0.25, 0.3) is 0 Å². The van der Waals surface area contributed by atoms with Gasteiger partial charge in [-0.05, 0) is 43.2 Å². The van der Waals surface area contributed by atoms with Crippen LogP contribution >= 0.6 is 11.6 Å². The van der Waals surface area contributed by atoms with Crippen LogP contribution in [-0.2, 0) is 9.63 Å². The number of hydrogen-bond donors (Lipinski definition) is 2. The summed E-state index contributed by atoms with van der Waals surface area (Å²) in [5, 5.41) is 4.05. The summed E-state index contributed by atoms with van der Waals surface area (Å²) < 4.78 is 13.1. The molecule has 27 heavy (non-hydrogen) atoms. The molecule has 1 unspecified atom stereocenters. The number of halogens is 2. The lowest BCUT2D eigenvalue weighted by molar-refractivity contribution is -0.118. The van der Waals surface area contributed by atoms with Crippen LogP contribution in [0.5, 0.6) is 0 Å². The number of benzene rings is 1. The molecule has 1 fully saturated rings. The van der Waals surface area contributed by atoms with Crippen molar-refractivity contribution in [3.63, 3.8) is 0 Å². The van der Waals surface area contributed by atoms with E-state index in [2.05, 4.69) is 10.1 Å². The van der Waals surface area contributed by atoms with Crippen molar-refractivity contribution in [2.75, 3.05) is 11.4 Å². The van der Waals surface area contributed by atoms with Crippen molar-refractivity contribution in [3.8, 4) is 0 Å². The Bertz CT molecular complexity index is 866. The first-order valence-corrected chi connectivity index (χ1v) is 8.76. The highest BCUT2D eigenvalue weighted by Gasteiger charge is 2.27. The van der Waals surface area contributed by atoms with Crippen molar-refractivity contribution in [2.45, 2.75) is 19.3 Å². The Morgan fingerprint density at radius 2 is 2.11 bits per heavy atom. The Labute approximate surface area is 159 Å². The number of H-pyrrole nitrogens is 1. The molecule has 1 atom stereocenters. The van der Waals surface area contributed by atoms with E-state index in [-0.39, 0.29) is 35.6 Å². The van der Waals surface area contributed by atoms with Crippen LogP contribution in [0.15, 0.2) is 41.7 Å². The first-order chi connectivity index (χ1) is 12.9. The van der Waals surface area contributed by atoms with Gasteiger partial charge in [-0.1, -0.05) is 16.8 Å². The molecule has 0 bridgehead atoms. The highest BCUT2D eigenvalue weighted by atomic mass is 35.5. The maximum absolute atomic E-state index is 13.1. The third-order valence-corrected chi connectivity index (χ3v) is 4.53. The van der Waals surface area contributed by atoms with E-state index in [1.54, 1.807) is 17.0 Å². The molecule has 1 saturated heterocycles. The zero-order valence-electron chi connectivity index (χ0n) is 14.3. The number of rotatable bonds is 4. The minimum Gasteiger partial charge on any atom is -0.384 e. The summed E-state index contributed by atoms with van der Waals surface area (Å²) in [6.45, 7) is 0.495. The summed E-state index contributed by atoms with van der Waals surface area (Å²) in [7, 11) is 0. The predicted molar refractivity (Wildman–Crippen MR) is 98.9 cm³/mol. The molecule has 3 N–H and O–H groups in total. The average Bonchev–Trinajstić information content (AvgIpc) is 2.99. The summed E-state index contributed by atoms with van der Waals surface area (Å²) in [6.07, 6.45) is 2.87. The van der Waals surface area contributed by atoms with Crippen LogP contribution in [0, 0.1) is 11.7 Å². The Morgan fingerprint density at radius 1 is 1.37 bits per heavy atom. The van der Waals surface area contributed by atoms with Crippen LogP contribution in [0.4, 0.5) is 10.1 Å². The molecular formula is C18H18ClFN4O3. The number of amides is 1. The first kappa shape index (κ1) is 18.9. The SMILES string of the molecule is N/C(=N\OC(=O)c1cc(Cl)c[nH]1)C1CCCN(c2ccc(F)cc2)C(=O)C1. The minimum atomic E-state index is -0.724. The van der Waals surface area contributed by atoms with E-state index in [1.807, 2.05) is 0 Å². The van der Waals surface area contributed by atoms with Gasteiger partial charge in [-0.25, -0.2) is 9.18 Å². The number of oxime groups is 1. The van der Waals surface area contributed by atoms with Gasteiger partial charge in [0.1, 0.15) is 17.3 Å². The van der Waals surface area contributed by atoms with Gasteiger partial charge in [-0.15, -0.1) is 0 Å². The number of nitrogens with zero attached hydrogens (tertiary/aromatic N) is 2. The van der Waals surface area contributed by atoms with Crippen molar-refractivity contribution in [2.24, 2.45) is 16.8 Å². The number of nitrogens with two attached hydrogens (primary N) is 1. The standard InChI is InChI=1S/C18H18ClFN4O3/c19-12-9-15(22-10-12)18(26)27-23-17(21)11-2-1-7-24(16(25)8-11)14-5-3-13(20)4-6-14/h3-6,9-11,22H,1-2,7-8H2,(H2,21,23). The Kier molecular flexibility index (Phi) is 5.75. The van der Waals surface area contributed by atoms with Crippen LogP contribution in [0.1, 0.15) is 29.8 Å². The van der Waals surface area contributed by atoms with E-state index in [1.165, 1.54) is 24.4 Å². The molecule has 0 spiro atoms. The molecule has 0 radical (unpaired) electrons.